The van der Waals surface area contributed by atoms with E-state index in [1.807, 2.05) is 7.05 Å². The first-order chi connectivity index (χ1) is 8.56. The molecule has 5 nitrogen and oxygen atoms in total. The fourth-order valence-electron chi connectivity index (χ4n) is 2.26. The highest BCUT2D eigenvalue weighted by atomic mass is 19.1. The van der Waals surface area contributed by atoms with Gasteiger partial charge in [0.15, 0.2) is 0 Å². The predicted octanol–water partition coefficient (Wildman–Crippen LogP) is 2.10. The molecule has 1 fully saturated rings. The molecule has 0 aromatic heterocycles. The molecule has 1 aromatic rings. The maximum atomic E-state index is 13.1. The Balaban J connectivity index is 2.04. The van der Waals surface area contributed by atoms with Gasteiger partial charge in [0.2, 0.25) is 0 Å². The number of nitrogens with zero attached hydrogens (tertiary/aromatic N) is 2. The molecule has 0 aliphatic carbocycles. The van der Waals surface area contributed by atoms with Crippen LogP contribution in [0, 0.1) is 21.8 Å². The van der Waals surface area contributed by atoms with Crippen molar-refractivity contribution in [2.24, 2.45) is 5.92 Å². The summed E-state index contributed by atoms with van der Waals surface area (Å²) in [6.45, 7) is 2.64. The molecule has 2 rings (SSSR count). The Morgan fingerprint density at radius 2 is 2.39 bits per heavy atom. The highest BCUT2D eigenvalue weighted by molar-refractivity contribution is 5.61. The minimum atomic E-state index is -0.497. The van der Waals surface area contributed by atoms with Gasteiger partial charge in [-0.05, 0) is 32.0 Å². The topological polar surface area (TPSA) is 58.4 Å². The zero-order valence-corrected chi connectivity index (χ0v) is 10.2. The van der Waals surface area contributed by atoms with Crippen LogP contribution in [0.1, 0.15) is 6.42 Å². The Labute approximate surface area is 105 Å². The van der Waals surface area contributed by atoms with E-state index < -0.39 is 10.7 Å². The van der Waals surface area contributed by atoms with Gasteiger partial charge in [-0.2, -0.15) is 0 Å². The standard InChI is InChI=1S/C12H16FN3O2/c1-15-5-4-9(8-15)7-14-11-6-10(13)2-3-12(11)16(17)18/h2-3,6,9,14H,4-5,7-8H2,1H3. The van der Waals surface area contributed by atoms with Crippen LogP contribution in [-0.4, -0.2) is 36.5 Å². The van der Waals surface area contributed by atoms with Crippen LogP contribution in [-0.2, 0) is 0 Å². The van der Waals surface area contributed by atoms with E-state index in [-0.39, 0.29) is 11.4 Å². The average Bonchev–Trinajstić information content (AvgIpc) is 2.72. The number of halogens is 1. The molecule has 1 unspecified atom stereocenters. The van der Waals surface area contributed by atoms with E-state index in [0.717, 1.165) is 25.6 Å². The van der Waals surface area contributed by atoms with E-state index in [9.17, 15) is 14.5 Å². The third-order valence-corrected chi connectivity index (χ3v) is 3.23. The first-order valence-electron chi connectivity index (χ1n) is 5.92. The molecule has 0 spiro atoms. The van der Waals surface area contributed by atoms with Gasteiger partial charge in [0.1, 0.15) is 11.5 Å². The monoisotopic (exact) mass is 253 g/mol. The quantitative estimate of drug-likeness (QED) is 0.659. The minimum Gasteiger partial charge on any atom is -0.379 e. The maximum absolute atomic E-state index is 13.1. The first kappa shape index (κ1) is 12.8. The summed E-state index contributed by atoms with van der Waals surface area (Å²) in [5, 5.41) is 13.8. The summed E-state index contributed by atoms with van der Waals surface area (Å²) >= 11 is 0. The van der Waals surface area contributed by atoms with Crippen LogP contribution < -0.4 is 5.32 Å². The summed E-state index contributed by atoms with van der Waals surface area (Å²) in [6.07, 6.45) is 1.06. The van der Waals surface area contributed by atoms with Crippen molar-refractivity contribution in [2.45, 2.75) is 6.42 Å². The highest BCUT2D eigenvalue weighted by Gasteiger charge is 2.21. The van der Waals surface area contributed by atoms with Gasteiger partial charge in [0, 0.05) is 25.2 Å². The Hall–Kier alpha value is -1.69. The van der Waals surface area contributed by atoms with Crippen molar-refractivity contribution in [2.75, 3.05) is 32.0 Å². The summed E-state index contributed by atoms with van der Waals surface area (Å²) in [7, 11) is 2.05. The van der Waals surface area contributed by atoms with Crippen molar-refractivity contribution in [3.8, 4) is 0 Å². The molecule has 1 heterocycles. The van der Waals surface area contributed by atoms with E-state index >= 15 is 0 Å². The Bertz CT molecular complexity index is 453. The van der Waals surface area contributed by atoms with Crippen LogP contribution in [0.5, 0.6) is 0 Å². The van der Waals surface area contributed by atoms with Crippen LogP contribution in [0.25, 0.3) is 0 Å². The Morgan fingerprint density at radius 1 is 1.61 bits per heavy atom. The number of likely N-dealkylation sites (tertiary alicyclic amines) is 1. The van der Waals surface area contributed by atoms with Crippen molar-refractivity contribution < 1.29 is 9.31 Å². The zero-order valence-electron chi connectivity index (χ0n) is 10.2. The lowest BCUT2D eigenvalue weighted by Crippen LogP contribution is -2.19. The second kappa shape index (κ2) is 5.30. The number of rotatable bonds is 4. The summed E-state index contributed by atoms with van der Waals surface area (Å²) < 4.78 is 13.1. The van der Waals surface area contributed by atoms with E-state index in [1.54, 1.807) is 0 Å². The molecule has 0 saturated carbocycles. The van der Waals surface area contributed by atoms with E-state index in [4.69, 9.17) is 0 Å². The van der Waals surface area contributed by atoms with Gasteiger partial charge < -0.3 is 10.2 Å². The largest absolute Gasteiger partial charge is 0.379 e. The lowest BCUT2D eigenvalue weighted by Gasteiger charge is -2.12. The molecule has 0 radical (unpaired) electrons. The number of nitrogens with one attached hydrogen (secondary N) is 1. The van der Waals surface area contributed by atoms with Gasteiger partial charge in [-0.25, -0.2) is 4.39 Å². The van der Waals surface area contributed by atoms with Crippen molar-refractivity contribution in [3.63, 3.8) is 0 Å². The number of hydrogen-bond acceptors (Lipinski definition) is 4. The van der Waals surface area contributed by atoms with Gasteiger partial charge >= 0.3 is 0 Å². The van der Waals surface area contributed by atoms with Crippen LogP contribution >= 0.6 is 0 Å². The van der Waals surface area contributed by atoms with Crippen LogP contribution in [0.3, 0.4) is 0 Å². The summed E-state index contributed by atoms with van der Waals surface area (Å²) in [4.78, 5) is 12.5. The number of nitro benzene ring substituents is 1. The first-order valence-corrected chi connectivity index (χ1v) is 5.92. The Morgan fingerprint density at radius 3 is 3.00 bits per heavy atom. The maximum Gasteiger partial charge on any atom is 0.292 e. The summed E-state index contributed by atoms with van der Waals surface area (Å²) in [5.74, 6) is -0.00971. The van der Waals surface area contributed by atoms with Gasteiger partial charge in [-0.3, -0.25) is 10.1 Å². The smallest absolute Gasteiger partial charge is 0.292 e. The van der Waals surface area contributed by atoms with E-state index in [1.165, 1.54) is 12.1 Å². The molecule has 18 heavy (non-hydrogen) atoms. The molecule has 0 bridgehead atoms. The SMILES string of the molecule is CN1CCC(CNc2cc(F)ccc2[N+](=O)[O-])C1. The molecule has 1 aliphatic rings. The molecule has 0 amide bonds. The molecular weight excluding hydrogens is 237 g/mol. The number of hydrogen-bond donors (Lipinski definition) is 1. The highest BCUT2D eigenvalue weighted by Crippen LogP contribution is 2.26. The molecule has 1 N–H and O–H groups in total. The van der Waals surface area contributed by atoms with Crippen molar-refractivity contribution >= 4 is 11.4 Å². The second-order valence-electron chi connectivity index (χ2n) is 4.72. The molecule has 6 heteroatoms. The predicted molar refractivity (Wildman–Crippen MR) is 67.1 cm³/mol. The molecule has 98 valence electrons. The van der Waals surface area contributed by atoms with E-state index in [0.29, 0.717) is 12.5 Å². The minimum absolute atomic E-state index is 0.0808. The lowest BCUT2D eigenvalue weighted by molar-refractivity contribution is -0.384. The van der Waals surface area contributed by atoms with Gasteiger partial charge in [-0.1, -0.05) is 0 Å². The fourth-order valence-corrected chi connectivity index (χ4v) is 2.26. The van der Waals surface area contributed by atoms with Crippen LogP contribution in [0.2, 0.25) is 0 Å². The summed E-state index contributed by atoms with van der Waals surface area (Å²) in [5.41, 5.74) is 0.178. The average molecular weight is 253 g/mol. The number of benzene rings is 1. The molecule has 1 aliphatic heterocycles. The number of anilines is 1. The lowest BCUT2D eigenvalue weighted by atomic mass is 10.1. The van der Waals surface area contributed by atoms with Crippen molar-refractivity contribution in [3.05, 3.63) is 34.1 Å². The Kier molecular flexibility index (Phi) is 3.76. The van der Waals surface area contributed by atoms with Crippen LogP contribution in [0.4, 0.5) is 15.8 Å². The number of nitro groups is 1. The second-order valence-corrected chi connectivity index (χ2v) is 4.72. The molecule has 1 saturated heterocycles. The molecular formula is C12H16FN3O2. The fraction of sp³-hybridized carbons (Fsp3) is 0.500. The van der Waals surface area contributed by atoms with Gasteiger partial charge in [-0.15, -0.1) is 0 Å². The van der Waals surface area contributed by atoms with Crippen LogP contribution in [0.15, 0.2) is 18.2 Å². The van der Waals surface area contributed by atoms with Gasteiger partial charge in [0.05, 0.1) is 4.92 Å². The molecule has 1 aromatic carbocycles. The third kappa shape index (κ3) is 2.95. The third-order valence-electron chi connectivity index (χ3n) is 3.23. The van der Waals surface area contributed by atoms with Crippen molar-refractivity contribution in [1.29, 1.82) is 0 Å². The summed E-state index contributed by atoms with van der Waals surface area (Å²) in [6, 6.07) is 3.47. The van der Waals surface area contributed by atoms with Crippen molar-refractivity contribution in [1.82, 2.24) is 4.90 Å². The van der Waals surface area contributed by atoms with Gasteiger partial charge in [0.25, 0.3) is 5.69 Å². The zero-order chi connectivity index (χ0) is 13.1. The van der Waals surface area contributed by atoms with E-state index in [2.05, 4.69) is 10.2 Å². The molecule has 1 atom stereocenters. The normalized spacial score (nSPS) is 20.0.